The Bertz CT molecular complexity index is 519. The molecule has 0 heterocycles. The fourth-order valence-corrected chi connectivity index (χ4v) is 1.55. The standard InChI is InChI=1S/C12H12O.C2H4O2.Co/c1-9-4-3-5-10-8-11(13-2)6-7-12(9)10;1-2(3)4;/h3-8H,1-2H3;1H3,(H,3,4);. The van der Waals surface area contributed by atoms with Crippen LogP contribution in [0.5, 0.6) is 5.75 Å². The molecule has 0 aliphatic carbocycles. The van der Waals surface area contributed by atoms with Gasteiger partial charge in [0.05, 0.1) is 7.11 Å². The molecular weight excluding hydrogens is 275 g/mol. The van der Waals surface area contributed by atoms with Gasteiger partial charge >= 0.3 is 0 Å². The van der Waals surface area contributed by atoms with Crippen LogP contribution in [0.4, 0.5) is 0 Å². The smallest absolute Gasteiger partial charge is 0.300 e. The Labute approximate surface area is 117 Å². The fourth-order valence-electron chi connectivity index (χ4n) is 1.55. The molecule has 3 nitrogen and oxygen atoms in total. The van der Waals surface area contributed by atoms with Crippen molar-refractivity contribution < 1.29 is 31.4 Å². The van der Waals surface area contributed by atoms with Gasteiger partial charge < -0.3 is 9.84 Å². The number of ether oxygens (including phenoxy) is 1. The van der Waals surface area contributed by atoms with Crippen LogP contribution in [0, 0.1) is 6.92 Å². The topological polar surface area (TPSA) is 46.5 Å². The first-order valence-electron chi connectivity index (χ1n) is 5.27. The molecule has 2 rings (SSSR count). The molecule has 2 aromatic carbocycles. The van der Waals surface area contributed by atoms with Crippen LogP contribution in [0.25, 0.3) is 10.8 Å². The molecule has 0 spiro atoms. The van der Waals surface area contributed by atoms with E-state index in [1.165, 1.54) is 16.3 Å². The predicted octanol–water partition coefficient (Wildman–Crippen LogP) is 3.25. The van der Waals surface area contributed by atoms with Crippen LogP contribution in [-0.2, 0) is 21.6 Å². The van der Waals surface area contributed by atoms with Crippen LogP contribution >= 0.6 is 0 Å². The number of carboxylic acids is 1. The molecule has 0 aliphatic heterocycles. The van der Waals surface area contributed by atoms with Crippen molar-refractivity contribution in [3.63, 3.8) is 0 Å². The SMILES string of the molecule is CC(=O)O.COc1ccc2c(C)cccc2c1.[Co]. The molecule has 99 valence electrons. The van der Waals surface area contributed by atoms with E-state index in [0.717, 1.165) is 12.7 Å². The molecule has 0 saturated heterocycles. The fraction of sp³-hybridized carbons (Fsp3) is 0.214. The maximum atomic E-state index is 9.00. The molecule has 18 heavy (non-hydrogen) atoms. The Balaban J connectivity index is 0.000000512. The minimum absolute atomic E-state index is 0. The van der Waals surface area contributed by atoms with Gasteiger partial charge in [0.2, 0.25) is 0 Å². The Hall–Kier alpha value is -1.52. The first-order chi connectivity index (χ1) is 8.04. The minimum atomic E-state index is -0.833. The number of methoxy groups -OCH3 is 1. The second-order valence-electron chi connectivity index (χ2n) is 3.68. The summed E-state index contributed by atoms with van der Waals surface area (Å²) < 4.78 is 5.16. The third-order valence-corrected chi connectivity index (χ3v) is 2.31. The first-order valence-corrected chi connectivity index (χ1v) is 5.27. The number of carboxylic acid groups (broad SMARTS) is 1. The van der Waals surface area contributed by atoms with Gasteiger partial charge in [0.1, 0.15) is 5.75 Å². The quantitative estimate of drug-likeness (QED) is 0.877. The molecule has 0 atom stereocenters. The number of aryl methyl sites for hydroxylation is 1. The van der Waals surface area contributed by atoms with E-state index >= 15 is 0 Å². The summed E-state index contributed by atoms with van der Waals surface area (Å²) in [5, 5.41) is 9.95. The molecule has 0 bridgehead atoms. The van der Waals surface area contributed by atoms with Crippen LogP contribution in [0.2, 0.25) is 0 Å². The second kappa shape index (κ2) is 7.74. The van der Waals surface area contributed by atoms with Gasteiger partial charge in [-0.15, -0.1) is 0 Å². The third-order valence-electron chi connectivity index (χ3n) is 2.31. The van der Waals surface area contributed by atoms with Crippen molar-refractivity contribution in [1.29, 1.82) is 0 Å². The van der Waals surface area contributed by atoms with Gasteiger partial charge in [0.25, 0.3) is 5.97 Å². The van der Waals surface area contributed by atoms with Gasteiger partial charge in [0.15, 0.2) is 0 Å². The van der Waals surface area contributed by atoms with E-state index < -0.39 is 5.97 Å². The minimum Gasteiger partial charge on any atom is -0.497 e. The van der Waals surface area contributed by atoms with E-state index in [1.54, 1.807) is 7.11 Å². The molecule has 0 fully saturated rings. The number of hydrogen-bond donors (Lipinski definition) is 1. The van der Waals surface area contributed by atoms with Gasteiger partial charge in [-0.1, -0.05) is 24.3 Å². The van der Waals surface area contributed by atoms with Crippen molar-refractivity contribution >= 4 is 16.7 Å². The summed E-state index contributed by atoms with van der Waals surface area (Å²) in [6.45, 7) is 3.20. The van der Waals surface area contributed by atoms with Crippen molar-refractivity contribution in [2.45, 2.75) is 13.8 Å². The number of rotatable bonds is 1. The summed E-state index contributed by atoms with van der Waals surface area (Å²) in [6, 6.07) is 12.4. The zero-order valence-corrected chi connectivity index (χ0v) is 11.6. The van der Waals surface area contributed by atoms with Gasteiger partial charge in [-0.05, 0) is 35.4 Å². The van der Waals surface area contributed by atoms with E-state index in [-0.39, 0.29) is 16.8 Å². The zero-order chi connectivity index (χ0) is 12.8. The molecule has 1 N–H and O–H groups in total. The first kappa shape index (κ1) is 16.5. The van der Waals surface area contributed by atoms with E-state index in [2.05, 4.69) is 37.3 Å². The molecular formula is C14H16CoO3. The summed E-state index contributed by atoms with van der Waals surface area (Å²) in [4.78, 5) is 9.00. The van der Waals surface area contributed by atoms with E-state index in [1.807, 2.05) is 6.07 Å². The van der Waals surface area contributed by atoms with Crippen LogP contribution in [0.3, 0.4) is 0 Å². The average molecular weight is 291 g/mol. The van der Waals surface area contributed by atoms with E-state index in [9.17, 15) is 0 Å². The number of aliphatic carboxylic acids is 1. The molecule has 0 aromatic heterocycles. The molecule has 0 amide bonds. The van der Waals surface area contributed by atoms with Crippen LogP contribution < -0.4 is 4.74 Å². The summed E-state index contributed by atoms with van der Waals surface area (Å²) in [5.41, 5.74) is 1.31. The Kier molecular flexibility index (Phi) is 7.08. The van der Waals surface area contributed by atoms with E-state index in [0.29, 0.717) is 0 Å². The average Bonchev–Trinajstić information content (AvgIpc) is 2.28. The Morgan fingerprint density at radius 3 is 2.39 bits per heavy atom. The summed E-state index contributed by atoms with van der Waals surface area (Å²) in [7, 11) is 1.69. The predicted molar refractivity (Wildman–Crippen MR) is 68.5 cm³/mol. The maximum Gasteiger partial charge on any atom is 0.300 e. The van der Waals surface area contributed by atoms with Crippen molar-refractivity contribution in [3.05, 3.63) is 42.0 Å². The van der Waals surface area contributed by atoms with Gasteiger partial charge in [0, 0.05) is 23.7 Å². The third kappa shape index (κ3) is 4.77. The molecule has 1 radical (unpaired) electrons. The largest absolute Gasteiger partial charge is 0.497 e. The van der Waals surface area contributed by atoms with Gasteiger partial charge in [-0.25, -0.2) is 0 Å². The Morgan fingerprint density at radius 1 is 1.22 bits per heavy atom. The molecule has 0 saturated carbocycles. The van der Waals surface area contributed by atoms with Gasteiger partial charge in [-0.2, -0.15) is 0 Å². The van der Waals surface area contributed by atoms with E-state index in [4.69, 9.17) is 14.6 Å². The van der Waals surface area contributed by atoms with Gasteiger partial charge in [-0.3, -0.25) is 4.79 Å². The van der Waals surface area contributed by atoms with Crippen LogP contribution in [-0.4, -0.2) is 18.2 Å². The number of benzene rings is 2. The summed E-state index contributed by atoms with van der Waals surface area (Å²) in [6.07, 6.45) is 0. The van der Waals surface area contributed by atoms with Crippen molar-refractivity contribution in [3.8, 4) is 5.75 Å². The number of carbonyl (C=O) groups is 1. The Morgan fingerprint density at radius 2 is 1.83 bits per heavy atom. The zero-order valence-electron chi connectivity index (χ0n) is 10.6. The summed E-state index contributed by atoms with van der Waals surface area (Å²) in [5.74, 6) is 0.0816. The van der Waals surface area contributed by atoms with Crippen LogP contribution in [0.1, 0.15) is 12.5 Å². The molecule has 2 aromatic rings. The monoisotopic (exact) mass is 291 g/mol. The van der Waals surface area contributed by atoms with Crippen molar-refractivity contribution in [2.24, 2.45) is 0 Å². The molecule has 4 heteroatoms. The normalized spacial score (nSPS) is 8.83. The van der Waals surface area contributed by atoms with Crippen molar-refractivity contribution in [2.75, 3.05) is 7.11 Å². The van der Waals surface area contributed by atoms with Crippen molar-refractivity contribution in [1.82, 2.24) is 0 Å². The second-order valence-corrected chi connectivity index (χ2v) is 3.68. The molecule has 0 unspecified atom stereocenters. The maximum absolute atomic E-state index is 9.00. The summed E-state index contributed by atoms with van der Waals surface area (Å²) >= 11 is 0. The number of fused-ring (bicyclic) bond motifs is 1. The number of hydrogen-bond acceptors (Lipinski definition) is 2. The molecule has 0 aliphatic rings. The van der Waals surface area contributed by atoms with Crippen LogP contribution in [0.15, 0.2) is 36.4 Å².